The van der Waals surface area contributed by atoms with Gasteiger partial charge in [-0.2, -0.15) is 0 Å². The molecule has 2 N–H and O–H groups in total. The number of carbonyl (C=O) groups is 2. The normalized spacial score (nSPS) is 20.4. The second-order valence-corrected chi connectivity index (χ2v) is 5.53. The predicted octanol–water partition coefficient (Wildman–Crippen LogP) is 0.549. The molecule has 23 heavy (non-hydrogen) atoms. The van der Waals surface area contributed by atoms with Gasteiger partial charge in [0.15, 0.2) is 11.2 Å². The van der Waals surface area contributed by atoms with E-state index in [1.54, 1.807) is 0 Å². The van der Waals surface area contributed by atoms with Crippen LogP contribution in [0.5, 0.6) is 0 Å². The third kappa shape index (κ3) is 2.93. The van der Waals surface area contributed by atoms with Crippen LogP contribution in [-0.2, 0) is 9.53 Å². The number of benzene rings is 1. The summed E-state index contributed by atoms with van der Waals surface area (Å²) in [7, 11) is 0. The van der Waals surface area contributed by atoms with E-state index in [0.717, 1.165) is 11.3 Å². The van der Waals surface area contributed by atoms with E-state index in [9.17, 15) is 14.7 Å². The first-order chi connectivity index (χ1) is 11.0. The third-order valence-corrected chi connectivity index (χ3v) is 3.78. The lowest BCUT2D eigenvalue weighted by Crippen LogP contribution is -2.55. The third-order valence-electron chi connectivity index (χ3n) is 3.78. The molecular formula is C15H16N4O4. The highest BCUT2D eigenvalue weighted by atomic mass is 16.5. The molecule has 1 unspecified atom stereocenters. The number of carbonyl (C=O) groups excluding carboxylic acids is 1. The summed E-state index contributed by atoms with van der Waals surface area (Å²) in [5.74, 6) is -1.70. The van der Waals surface area contributed by atoms with Crippen LogP contribution in [0.1, 0.15) is 22.5 Å². The lowest BCUT2D eigenvalue weighted by atomic mass is 9.99. The first kappa shape index (κ1) is 15.2. The molecule has 1 atom stereocenters. The maximum Gasteiger partial charge on any atom is 0.331 e. The number of amides is 1. The number of aliphatic carboxylic acids is 1. The average Bonchev–Trinajstić information content (AvgIpc) is 3.17. The van der Waals surface area contributed by atoms with Crippen molar-refractivity contribution >= 4 is 11.9 Å². The Hall–Kier alpha value is -2.74. The summed E-state index contributed by atoms with van der Waals surface area (Å²) in [6, 6.07) is 7.57. The molecule has 3 rings (SSSR count). The van der Waals surface area contributed by atoms with Crippen LogP contribution in [-0.4, -0.2) is 50.7 Å². The Morgan fingerprint density at radius 2 is 2.26 bits per heavy atom. The number of carboxylic acids is 1. The van der Waals surface area contributed by atoms with Gasteiger partial charge in [0.05, 0.1) is 18.5 Å². The first-order valence-corrected chi connectivity index (χ1v) is 7.13. The minimum atomic E-state index is -1.40. The smallest absolute Gasteiger partial charge is 0.331 e. The van der Waals surface area contributed by atoms with Crippen molar-refractivity contribution in [1.82, 2.24) is 20.3 Å². The number of ether oxygens (including phenoxy) is 1. The number of carboxylic acid groups (broad SMARTS) is 1. The van der Waals surface area contributed by atoms with Crippen LogP contribution >= 0.6 is 0 Å². The first-order valence-electron chi connectivity index (χ1n) is 7.13. The second kappa shape index (κ2) is 5.81. The molecule has 0 bridgehead atoms. The highest BCUT2D eigenvalue weighted by Gasteiger charge is 2.44. The lowest BCUT2D eigenvalue weighted by molar-refractivity contribution is -0.144. The second-order valence-electron chi connectivity index (χ2n) is 5.53. The van der Waals surface area contributed by atoms with Gasteiger partial charge in [0.2, 0.25) is 0 Å². The van der Waals surface area contributed by atoms with Crippen LogP contribution in [0.3, 0.4) is 0 Å². The van der Waals surface area contributed by atoms with E-state index in [1.165, 1.54) is 10.9 Å². The van der Waals surface area contributed by atoms with E-state index >= 15 is 0 Å². The van der Waals surface area contributed by atoms with Gasteiger partial charge in [-0.1, -0.05) is 17.3 Å². The zero-order chi connectivity index (χ0) is 16.4. The maximum absolute atomic E-state index is 12.3. The molecule has 2 aromatic rings. The minimum Gasteiger partial charge on any atom is -0.479 e. The van der Waals surface area contributed by atoms with Crippen LogP contribution in [0, 0.1) is 6.92 Å². The van der Waals surface area contributed by atoms with Crippen molar-refractivity contribution in [2.75, 3.05) is 13.2 Å². The molecule has 8 heteroatoms. The van der Waals surface area contributed by atoms with Crippen LogP contribution in [0.4, 0.5) is 0 Å². The van der Waals surface area contributed by atoms with Gasteiger partial charge in [0.25, 0.3) is 5.91 Å². The monoisotopic (exact) mass is 316 g/mol. The number of rotatable bonds is 4. The largest absolute Gasteiger partial charge is 0.479 e. The van der Waals surface area contributed by atoms with Gasteiger partial charge in [0.1, 0.15) is 0 Å². The SMILES string of the molecule is Cc1cccc(-n2cc(C(=O)NC3(C(=O)O)CCOC3)nn2)c1. The van der Waals surface area contributed by atoms with Gasteiger partial charge < -0.3 is 15.2 Å². The van der Waals surface area contributed by atoms with Gasteiger partial charge >= 0.3 is 5.97 Å². The summed E-state index contributed by atoms with van der Waals surface area (Å²) in [5, 5.41) is 19.6. The van der Waals surface area contributed by atoms with Gasteiger partial charge in [-0.15, -0.1) is 5.10 Å². The lowest BCUT2D eigenvalue weighted by Gasteiger charge is -2.22. The van der Waals surface area contributed by atoms with Crippen molar-refractivity contribution in [3.8, 4) is 5.69 Å². The van der Waals surface area contributed by atoms with E-state index < -0.39 is 17.4 Å². The molecule has 0 radical (unpaired) electrons. The highest BCUT2D eigenvalue weighted by Crippen LogP contribution is 2.19. The molecule has 1 aliphatic heterocycles. The number of nitrogens with zero attached hydrogens (tertiary/aromatic N) is 3. The number of nitrogens with one attached hydrogen (secondary N) is 1. The minimum absolute atomic E-state index is 0.0547. The van der Waals surface area contributed by atoms with Crippen LogP contribution in [0.25, 0.3) is 5.69 Å². The molecule has 0 spiro atoms. The Kier molecular flexibility index (Phi) is 3.83. The average molecular weight is 316 g/mol. The molecule has 1 aromatic heterocycles. The zero-order valence-electron chi connectivity index (χ0n) is 12.5. The van der Waals surface area contributed by atoms with Crippen molar-refractivity contribution < 1.29 is 19.4 Å². The summed E-state index contributed by atoms with van der Waals surface area (Å²) >= 11 is 0. The Balaban J connectivity index is 1.80. The molecule has 8 nitrogen and oxygen atoms in total. The van der Waals surface area contributed by atoms with Gasteiger partial charge in [-0.3, -0.25) is 4.79 Å². The van der Waals surface area contributed by atoms with Crippen molar-refractivity contribution in [1.29, 1.82) is 0 Å². The molecule has 1 aromatic carbocycles. The van der Waals surface area contributed by atoms with E-state index in [4.69, 9.17) is 4.74 Å². The zero-order valence-corrected chi connectivity index (χ0v) is 12.5. The number of hydrogen-bond acceptors (Lipinski definition) is 5. The van der Waals surface area contributed by atoms with Crippen LogP contribution < -0.4 is 5.32 Å². The summed E-state index contributed by atoms with van der Waals surface area (Å²) in [4.78, 5) is 23.7. The Bertz CT molecular complexity index is 749. The summed E-state index contributed by atoms with van der Waals surface area (Å²) in [5.41, 5.74) is 0.481. The molecule has 1 aliphatic rings. The molecule has 120 valence electrons. The summed E-state index contributed by atoms with van der Waals surface area (Å²) in [6.45, 7) is 2.19. The predicted molar refractivity (Wildman–Crippen MR) is 79.4 cm³/mol. The van der Waals surface area contributed by atoms with Crippen molar-refractivity contribution in [3.05, 3.63) is 41.7 Å². The summed E-state index contributed by atoms with van der Waals surface area (Å²) < 4.78 is 6.58. The molecule has 1 fully saturated rings. The summed E-state index contributed by atoms with van der Waals surface area (Å²) in [6.07, 6.45) is 1.69. The van der Waals surface area contributed by atoms with Crippen LogP contribution in [0.15, 0.2) is 30.5 Å². The van der Waals surface area contributed by atoms with Gasteiger partial charge in [0, 0.05) is 13.0 Å². The topological polar surface area (TPSA) is 106 Å². The molecule has 0 aliphatic carbocycles. The van der Waals surface area contributed by atoms with Crippen molar-refractivity contribution in [2.24, 2.45) is 0 Å². The fourth-order valence-corrected chi connectivity index (χ4v) is 2.43. The van der Waals surface area contributed by atoms with E-state index in [2.05, 4.69) is 15.6 Å². The van der Waals surface area contributed by atoms with Gasteiger partial charge in [-0.25, -0.2) is 9.48 Å². The quantitative estimate of drug-likeness (QED) is 0.853. The standard InChI is InChI=1S/C15H16N4O4/c1-10-3-2-4-11(7-10)19-8-12(17-18-19)13(20)16-15(14(21)22)5-6-23-9-15/h2-4,7-8H,5-6,9H2,1H3,(H,16,20)(H,21,22). The van der Waals surface area contributed by atoms with Crippen molar-refractivity contribution in [3.63, 3.8) is 0 Å². The molecule has 2 heterocycles. The Morgan fingerprint density at radius 3 is 2.91 bits per heavy atom. The Labute approximate surface area is 132 Å². The molecule has 1 amide bonds. The van der Waals surface area contributed by atoms with Crippen molar-refractivity contribution in [2.45, 2.75) is 18.9 Å². The molecule has 1 saturated heterocycles. The van der Waals surface area contributed by atoms with E-state index in [-0.39, 0.29) is 18.7 Å². The number of hydrogen-bond donors (Lipinski definition) is 2. The van der Waals surface area contributed by atoms with E-state index in [1.807, 2.05) is 31.2 Å². The fourth-order valence-electron chi connectivity index (χ4n) is 2.43. The van der Waals surface area contributed by atoms with Gasteiger partial charge in [-0.05, 0) is 24.6 Å². The maximum atomic E-state index is 12.3. The Morgan fingerprint density at radius 1 is 1.43 bits per heavy atom. The molecular weight excluding hydrogens is 300 g/mol. The van der Waals surface area contributed by atoms with E-state index in [0.29, 0.717) is 6.61 Å². The number of aryl methyl sites for hydroxylation is 1. The van der Waals surface area contributed by atoms with Crippen LogP contribution in [0.2, 0.25) is 0 Å². The number of aromatic nitrogens is 3. The molecule has 0 saturated carbocycles. The highest BCUT2D eigenvalue weighted by molar-refractivity contribution is 5.96. The fraction of sp³-hybridized carbons (Fsp3) is 0.333.